The Labute approximate surface area is 190 Å². The number of nitriles is 1. The third kappa shape index (κ3) is 3.77. The van der Waals surface area contributed by atoms with Gasteiger partial charge in [0.1, 0.15) is 27.2 Å². The SMILES string of the molecule is CCc1ccc(-c2c(C#N)c(N)nc3sc(C(=O)NC(C)c4ccccc4)c(N)c23)cc1. The fourth-order valence-electron chi connectivity index (χ4n) is 3.73. The number of thiophene rings is 1. The number of hydrogen-bond donors (Lipinski definition) is 3. The summed E-state index contributed by atoms with van der Waals surface area (Å²) in [6.07, 6.45) is 0.907. The van der Waals surface area contributed by atoms with Crippen LogP contribution in [0.1, 0.15) is 46.3 Å². The molecule has 32 heavy (non-hydrogen) atoms. The van der Waals surface area contributed by atoms with Crippen LogP contribution in [0.2, 0.25) is 0 Å². The van der Waals surface area contributed by atoms with Crippen LogP contribution in [0.5, 0.6) is 0 Å². The first kappa shape index (κ1) is 21.3. The van der Waals surface area contributed by atoms with Gasteiger partial charge in [-0.3, -0.25) is 4.79 Å². The van der Waals surface area contributed by atoms with Gasteiger partial charge in [0.25, 0.3) is 5.91 Å². The number of fused-ring (bicyclic) bond motifs is 1. The quantitative estimate of drug-likeness (QED) is 0.400. The monoisotopic (exact) mass is 441 g/mol. The number of rotatable bonds is 5. The van der Waals surface area contributed by atoms with E-state index < -0.39 is 0 Å². The van der Waals surface area contributed by atoms with Crippen LogP contribution < -0.4 is 16.8 Å². The Morgan fingerprint density at radius 3 is 2.47 bits per heavy atom. The molecule has 6 nitrogen and oxygen atoms in total. The van der Waals surface area contributed by atoms with Crippen molar-refractivity contribution in [1.29, 1.82) is 5.26 Å². The maximum absolute atomic E-state index is 13.1. The van der Waals surface area contributed by atoms with Crippen molar-refractivity contribution in [2.75, 3.05) is 11.5 Å². The lowest BCUT2D eigenvalue weighted by Gasteiger charge is -2.14. The lowest BCUT2D eigenvalue weighted by atomic mass is 9.96. The second-order valence-corrected chi connectivity index (χ2v) is 8.54. The number of anilines is 2. The summed E-state index contributed by atoms with van der Waals surface area (Å²) in [6.45, 7) is 4.00. The molecule has 7 heteroatoms. The van der Waals surface area contributed by atoms with Gasteiger partial charge in [-0.15, -0.1) is 11.3 Å². The molecule has 4 aromatic rings. The molecule has 0 bridgehead atoms. The molecular formula is C25H23N5OS. The highest BCUT2D eigenvalue weighted by atomic mass is 32.1. The van der Waals surface area contributed by atoms with Crippen LogP contribution in [0.25, 0.3) is 21.3 Å². The molecule has 0 aliphatic heterocycles. The molecule has 2 aromatic heterocycles. The third-order valence-corrected chi connectivity index (χ3v) is 6.62. The van der Waals surface area contributed by atoms with Gasteiger partial charge in [-0.25, -0.2) is 4.98 Å². The number of hydrogen-bond acceptors (Lipinski definition) is 6. The molecule has 0 saturated carbocycles. The van der Waals surface area contributed by atoms with E-state index in [1.807, 2.05) is 61.5 Å². The van der Waals surface area contributed by atoms with Crippen LogP contribution in [-0.4, -0.2) is 10.9 Å². The van der Waals surface area contributed by atoms with E-state index in [0.717, 1.165) is 17.5 Å². The predicted octanol–water partition coefficient (Wildman–Crippen LogP) is 5.05. The molecule has 1 unspecified atom stereocenters. The number of pyridine rings is 1. The summed E-state index contributed by atoms with van der Waals surface area (Å²) in [5.74, 6) is -0.161. The van der Waals surface area contributed by atoms with E-state index in [4.69, 9.17) is 11.5 Å². The molecule has 5 N–H and O–H groups in total. The number of aryl methyl sites for hydroxylation is 1. The summed E-state index contributed by atoms with van der Waals surface area (Å²) < 4.78 is 0. The third-order valence-electron chi connectivity index (χ3n) is 5.52. The molecule has 0 fully saturated rings. The topological polar surface area (TPSA) is 118 Å². The van der Waals surface area contributed by atoms with Gasteiger partial charge < -0.3 is 16.8 Å². The summed E-state index contributed by atoms with van der Waals surface area (Å²) >= 11 is 1.18. The number of nitrogens with one attached hydrogen (secondary N) is 1. The van der Waals surface area contributed by atoms with E-state index in [0.29, 0.717) is 26.3 Å². The molecule has 0 radical (unpaired) electrons. The summed E-state index contributed by atoms with van der Waals surface area (Å²) in [5.41, 5.74) is 16.8. The van der Waals surface area contributed by atoms with E-state index in [1.54, 1.807) is 0 Å². The fraction of sp³-hybridized carbons (Fsp3) is 0.160. The average Bonchev–Trinajstić information content (AvgIpc) is 3.14. The normalized spacial score (nSPS) is 11.8. The number of nitrogens with two attached hydrogens (primary N) is 2. The van der Waals surface area contributed by atoms with E-state index >= 15 is 0 Å². The number of carbonyl (C=O) groups excluding carboxylic acids is 1. The maximum atomic E-state index is 13.1. The maximum Gasteiger partial charge on any atom is 0.264 e. The van der Waals surface area contributed by atoms with Crippen molar-refractivity contribution in [2.24, 2.45) is 0 Å². The van der Waals surface area contributed by atoms with Crippen molar-refractivity contribution in [3.05, 3.63) is 76.2 Å². The van der Waals surface area contributed by atoms with E-state index in [-0.39, 0.29) is 23.3 Å². The molecule has 0 spiro atoms. The first-order chi connectivity index (χ1) is 15.4. The van der Waals surface area contributed by atoms with E-state index in [9.17, 15) is 10.1 Å². The zero-order chi connectivity index (χ0) is 22.8. The number of nitrogen functional groups attached to an aromatic ring is 2. The van der Waals surface area contributed by atoms with Crippen molar-refractivity contribution < 1.29 is 4.79 Å². The van der Waals surface area contributed by atoms with Gasteiger partial charge in [0.2, 0.25) is 0 Å². The van der Waals surface area contributed by atoms with Gasteiger partial charge in [0.15, 0.2) is 0 Å². The number of nitrogens with zero attached hydrogens (tertiary/aromatic N) is 2. The van der Waals surface area contributed by atoms with Crippen molar-refractivity contribution in [3.8, 4) is 17.2 Å². The second-order valence-electron chi connectivity index (χ2n) is 7.54. The number of amides is 1. The van der Waals surface area contributed by atoms with Crippen LogP contribution in [0, 0.1) is 11.3 Å². The largest absolute Gasteiger partial charge is 0.397 e. The van der Waals surface area contributed by atoms with Gasteiger partial charge in [-0.1, -0.05) is 61.5 Å². The van der Waals surface area contributed by atoms with Gasteiger partial charge in [0, 0.05) is 10.9 Å². The molecule has 2 heterocycles. The Kier molecular flexibility index (Phi) is 5.80. The van der Waals surface area contributed by atoms with Crippen LogP contribution >= 0.6 is 11.3 Å². The highest BCUT2D eigenvalue weighted by Gasteiger charge is 2.25. The first-order valence-corrected chi connectivity index (χ1v) is 11.1. The minimum Gasteiger partial charge on any atom is -0.397 e. The Morgan fingerprint density at radius 1 is 1.16 bits per heavy atom. The molecule has 1 atom stereocenters. The smallest absolute Gasteiger partial charge is 0.264 e. The number of aromatic nitrogens is 1. The Balaban J connectivity index is 1.82. The van der Waals surface area contributed by atoms with Crippen LogP contribution in [-0.2, 0) is 6.42 Å². The summed E-state index contributed by atoms with van der Waals surface area (Å²) in [7, 11) is 0. The number of carbonyl (C=O) groups is 1. The molecular weight excluding hydrogens is 418 g/mol. The summed E-state index contributed by atoms with van der Waals surface area (Å²) in [4.78, 5) is 18.4. The highest BCUT2D eigenvalue weighted by Crippen LogP contribution is 2.42. The van der Waals surface area contributed by atoms with E-state index in [1.165, 1.54) is 16.9 Å². The first-order valence-electron chi connectivity index (χ1n) is 10.3. The van der Waals surface area contributed by atoms with Crippen molar-refractivity contribution in [3.63, 3.8) is 0 Å². The molecule has 4 rings (SSSR count). The molecule has 0 aliphatic carbocycles. The molecule has 1 amide bonds. The molecule has 0 saturated heterocycles. The number of benzene rings is 2. The van der Waals surface area contributed by atoms with Crippen LogP contribution in [0.15, 0.2) is 54.6 Å². The molecule has 0 aliphatic rings. The van der Waals surface area contributed by atoms with Gasteiger partial charge >= 0.3 is 0 Å². The lowest BCUT2D eigenvalue weighted by Crippen LogP contribution is -2.26. The molecule has 2 aromatic carbocycles. The standard InChI is InChI=1S/C25H23N5OS/c1-3-15-9-11-17(12-10-15)19-18(13-26)23(28)30-25-20(19)21(27)22(32-25)24(31)29-14(2)16-7-5-4-6-8-16/h4-12,14H,3,27H2,1-2H3,(H2,28,30)(H,29,31). The Hall–Kier alpha value is -3.89. The Morgan fingerprint density at radius 2 is 1.84 bits per heavy atom. The predicted molar refractivity (Wildman–Crippen MR) is 130 cm³/mol. The average molecular weight is 442 g/mol. The highest BCUT2D eigenvalue weighted by molar-refractivity contribution is 7.21. The second kappa shape index (κ2) is 8.69. The molecule has 160 valence electrons. The van der Waals surface area contributed by atoms with Crippen molar-refractivity contribution in [1.82, 2.24) is 10.3 Å². The zero-order valence-electron chi connectivity index (χ0n) is 17.8. The van der Waals surface area contributed by atoms with Crippen molar-refractivity contribution in [2.45, 2.75) is 26.3 Å². The fourth-order valence-corrected chi connectivity index (χ4v) is 4.75. The minimum atomic E-state index is -0.286. The van der Waals surface area contributed by atoms with Gasteiger partial charge in [-0.05, 0) is 30.0 Å². The van der Waals surface area contributed by atoms with Crippen LogP contribution in [0.3, 0.4) is 0 Å². The van der Waals surface area contributed by atoms with Gasteiger partial charge in [0.05, 0.1) is 11.7 Å². The zero-order valence-corrected chi connectivity index (χ0v) is 18.7. The van der Waals surface area contributed by atoms with Crippen LogP contribution in [0.4, 0.5) is 11.5 Å². The minimum absolute atomic E-state index is 0.125. The summed E-state index contributed by atoms with van der Waals surface area (Å²) in [6, 6.07) is 19.6. The van der Waals surface area contributed by atoms with Crippen molar-refractivity contribution >= 4 is 39.0 Å². The van der Waals surface area contributed by atoms with Gasteiger partial charge in [-0.2, -0.15) is 5.26 Å². The Bertz CT molecular complexity index is 1340. The summed E-state index contributed by atoms with van der Waals surface area (Å²) in [5, 5.41) is 13.4. The van der Waals surface area contributed by atoms with E-state index in [2.05, 4.69) is 23.3 Å². The lowest BCUT2D eigenvalue weighted by molar-refractivity contribution is 0.0945.